The molecule has 1 amide bonds. The number of aromatic nitrogens is 1. The van der Waals surface area contributed by atoms with Gasteiger partial charge in [0.25, 0.3) is 5.91 Å². The molecule has 1 N–H and O–H groups in total. The number of fused-ring (bicyclic) bond motifs is 1. The van der Waals surface area contributed by atoms with Crippen LogP contribution >= 0.6 is 11.8 Å². The van der Waals surface area contributed by atoms with E-state index in [1.54, 1.807) is 11.8 Å². The number of benzene rings is 3. The van der Waals surface area contributed by atoms with E-state index in [2.05, 4.69) is 54.7 Å². The molecule has 1 aliphatic rings. The highest BCUT2D eigenvalue weighted by Crippen LogP contribution is 2.30. The molecule has 0 saturated heterocycles. The van der Waals surface area contributed by atoms with Gasteiger partial charge in [0.05, 0.1) is 11.7 Å². The number of amides is 1. The summed E-state index contributed by atoms with van der Waals surface area (Å²) in [5, 5.41) is 3.22. The van der Waals surface area contributed by atoms with Crippen molar-refractivity contribution in [3.05, 3.63) is 107 Å². The van der Waals surface area contributed by atoms with Gasteiger partial charge in [0.15, 0.2) is 0 Å². The molecule has 0 bridgehead atoms. The zero-order valence-electron chi connectivity index (χ0n) is 19.5. The van der Waals surface area contributed by atoms with Gasteiger partial charge < -0.3 is 9.73 Å². The minimum absolute atomic E-state index is 0.0491. The monoisotopic (exact) mass is 468 g/mol. The first-order valence-corrected chi connectivity index (χ1v) is 12.7. The minimum atomic E-state index is -0.0491. The second-order valence-corrected chi connectivity index (χ2v) is 9.87. The first-order chi connectivity index (χ1) is 16.6. The largest absolute Gasteiger partial charge is 0.441 e. The van der Waals surface area contributed by atoms with Crippen molar-refractivity contribution >= 4 is 17.7 Å². The van der Waals surface area contributed by atoms with E-state index in [-0.39, 0.29) is 11.9 Å². The van der Waals surface area contributed by atoms with Crippen LogP contribution in [-0.2, 0) is 12.2 Å². The number of hydrogen-bond donors (Lipinski definition) is 1. The van der Waals surface area contributed by atoms with Gasteiger partial charge in [-0.15, -0.1) is 11.8 Å². The standard InChI is InChI=1S/C29H28N2O2S/c1-19-10-16-24(17-11-19)34-18-27-20(2)33-29(31-27)23-14-12-22(13-15-23)28(32)30-26-9-5-7-21-6-3-4-8-25(21)26/h3-4,6,8,10-17,26H,5,7,9,18H2,1-2H3,(H,30,32)/t26-/m0/s1. The van der Waals surface area contributed by atoms with E-state index >= 15 is 0 Å². The molecule has 4 aromatic rings. The molecule has 0 radical (unpaired) electrons. The molecule has 0 spiro atoms. The number of carbonyl (C=O) groups is 1. The van der Waals surface area contributed by atoms with Crippen LogP contribution in [0, 0.1) is 13.8 Å². The van der Waals surface area contributed by atoms with Gasteiger partial charge in [-0.05, 0) is 80.6 Å². The Bertz CT molecular complexity index is 1290. The van der Waals surface area contributed by atoms with Crippen LogP contribution in [0.2, 0.25) is 0 Å². The summed E-state index contributed by atoms with van der Waals surface area (Å²) in [6.07, 6.45) is 3.15. The number of nitrogens with zero attached hydrogens (tertiary/aromatic N) is 1. The Balaban J connectivity index is 1.25. The summed E-state index contributed by atoms with van der Waals surface area (Å²) < 4.78 is 5.94. The maximum Gasteiger partial charge on any atom is 0.251 e. The van der Waals surface area contributed by atoms with E-state index < -0.39 is 0 Å². The molecule has 1 atom stereocenters. The smallest absolute Gasteiger partial charge is 0.251 e. The van der Waals surface area contributed by atoms with E-state index in [9.17, 15) is 4.79 Å². The molecule has 5 rings (SSSR count). The van der Waals surface area contributed by atoms with Crippen LogP contribution in [-0.4, -0.2) is 10.9 Å². The highest BCUT2D eigenvalue weighted by atomic mass is 32.2. The number of rotatable bonds is 6. The fourth-order valence-corrected chi connectivity index (χ4v) is 5.28. The van der Waals surface area contributed by atoms with Crippen molar-refractivity contribution in [3.63, 3.8) is 0 Å². The molecule has 0 aliphatic heterocycles. The number of aryl methyl sites for hydroxylation is 3. The van der Waals surface area contributed by atoms with Crippen molar-refractivity contribution in [2.45, 2.75) is 49.8 Å². The van der Waals surface area contributed by atoms with Gasteiger partial charge in [-0.2, -0.15) is 0 Å². The Morgan fingerprint density at radius 1 is 1.03 bits per heavy atom. The second-order valence-electron chi connectivity index (χ2n) is 8.82. The third-order valence-corrected chi connectivity index (χ3v) is 7.38. The lowest BCUT2D eigenvalue weighted by Crippen LogP contribution is -2.30. The first-order valence-electron chi connectivity index (χ1n) is 11.7. The molecule has 1 heterocycles. The number of hydrogen-bond acceptors (Lipinski definition) is 4. The lowest BCUT2D eigenvalue weighted by atomic mass is 9.87. The Morgan fingerprint density at radius 3 is 2.59 bits per heavy atom. The van der Waals surface area contributed by atoms with E-state index in [4.69, 9.17) is 9.40 Å². The third kappa shape index (κ3) is 4.95. The molecule has 5 heteroatoms. The summed E-state index contributed by atoms with van der Waals surface area (Å²) in [5.74, 6) is 2.12. The summed E-state index contributed by atoms with van der Waals surface area (Å²) in [6.45, 7) is 4.04. The third-order valence-electron chi connectivity index (χ3n) is 6.36. The summed E-state index contributed by atoms with van der Waals surface area (Å²) in [5.41, 5.74) is 6.29. The average molecular weight is 469 g/mol. The summed E-state index contributed by atoms with van der Waals surface area (Å²) in [7, 11) is 0. The lowest BCUT2D eigenvalue weighted by Gasteiger charge is -2.26. The van der Waals surface area contributed by atoms with Gasteiger partial charge in [-0.1, -0.05) is 42.0 Å². The van der Waals surface area contributed by atoms with Gasteiger partial charge in [-0.25, -0.2) is 4.98 Å². The molecule has 172 valence electrons. The van der Waals surface area contributed by atoms with Crippen LogP contribution < -0.4 is 5.32 Å². The highest BCUT2D eigenvalue weighted by molar-refractivity contribution is 7.98. The van der Waals surface area contributed by atoms with Crippen LogP contribution in [0.25, 0.3) is 11.5 Å². The maximum absolute atomic E-state index is 12.9. The molecule has 1 aromatic heterocycles. The average Bonchev–Trinajstić information content (AvgIpc) is 3.24. The highest BCUT2D eigenvalue weighted by Gasteiger charge is 2.22. The number of nitrogens with one attached hydrogen (secondary N) is 1. The van der Waals surface area contributed by atoms with Crippen molar-refractivity contribution < 1.29 is 9.21 Å². The molecular formula is C29H28N2O2S. The van der Waals surface area contributed by atoms with E-state index in [1.807, 2.05) is 37.3 Å². The molecule has 0 saturated carbocycles. The maximum atomic E-state index is 12.9. The van der Waals surface area contributed by atoms with E-state index in [1.165, 1.54) is 21.6 Å². The predicted molar refractivity (Wildman–Crippen MR) is 137 cm³/mol. The SMILES string of the molecule is Cc1ccc(SCc2nc(-c3ccc(C(=O)N[C@H]4CCCc5ccccc54)cc3)oc2C)cc1. The van der Waals surface area contributed by atoms with E-state index in [0.29, 0.717) is 11.5 Å². The molecule has 34 heavy (non-hydrogen) atoms. The zero-order chi connectivity index (χ0) is 23.5. The molecule has 1 aliphatic carbocycles. The van der Waals surface area contributed by atoms with Crippen molar-refractivity contribution in [3.8, 4) is 11.5 Å². The summed E-state index contributed by atoms with van der Waals surface area (Å²) in [6, 6.07) is 24.5. The first kappa shape index (κ1) is 22.5. The second kappa shape index (κ2) is 9.90. The van der Waals surface area contributed by atoms with E-state index in [0.717, 1.165) is 42.0 Å². The number of oxazole rings is 1. The van der Waals surface area contributed by atoms with Gasteiger partial charge in [-0.3, -0.25) is 4.79 Å². The molecule has 0 unspecified atom stereocenters. The quantitative estimate of drug-likeness (QED) is 0.308. The lowest BCUT2D eigenvalue weighted by molar-refractivity contribution is 0.0932. The number of thioether (sulfide) groups is 1. The van der Waals surface area contributed by atoms with Gasteiger partial charge in [0.2, 0.25) is 5.89 Å². The molecule has 0 fully saturated rings. The summed E-state index contributed by atoms with van der Waals surface area (Å²) >= 11 is 1.75. The van der Waals surface area contributed by atoms with Crippen molar-refractivity contribution in [1.82, 2.24) is 10.3 Å². The number of carbonyl (C=O) groups excluding carboxylic acids is 1. The van der Waals surface area contributed by atoms with Crippen LogP contribution in [0.15, 0.2) is 82.1 Å². The minimum Gasteiger partial charge on any atom is -0.441 e. The van der Waals surface area contributed by atoms with Gasteiger partial charge in [0, 0.05) is 21.8 Å². The molecule has 3 aromatic carbocycles. The zero-order valence-corrected chi connectivity index (χ0v) is 20.3. The Hall–Kier alpha value is -3.31. The van der Waals surface area contributed by atoms with Crippen LogP contribution in [0.4, 0.5) is 0 Å². The van der Waals surface area contributed by atoms with Gasteiger partial charge in [0.1, 0.15) is 5.76 Å². The topological polar surface area (TPSA) is 55.1 Å². The van der Waals surface area contributed by atoms with Crippen molar-refractivity contribution in [1.29, 1.82) is 0 Å². The molecule has 4 nitrogen and oxygen atoms in total. The van der Waals surface area contributed by atoms with Crippen LogP contribution in [0.3, 0.4) is 0 Å². The fraction of sp³-hybridized carbons (Fsp3) is 0.241. The summed E-state index contributed by atoms with van der Waals surface area (Å²) in [4.78, 5) is 18.8. The Labute approximate surface area is 204 Å². The van der Waals surface area contributed by atoms with Crippen molar-refractivity contribution in [2.75, 3.05) is 0 Å². The van der Waals surface area contributed by atoms with Crippen LogP contribution in [0.5, 0.6) is 0 Å². The fourth-order valence-electron chi connectivity index (χ4n) is 4.38. The van der Waals surface area contributed by atoms with Crippen molar-refractivity contribution in [2.24, 2.45) is 0 Å². The molecular weight excluding hydrogens is 440 g/mol. The van der Waals surface area contributed by atoms with Crippen LogP contribution in [0.1, 0.15) is 57.4 Å². The Kier molecular flexibility index (Phi) is 6.54. The van der Waals surface area contributed by atoms with Gasteiger partial charge >= 0.3 is 0 Å². The normalized spacial score (nSPS) is 15.1. The predicted octanol–water partition coefficient (Wildman–Crippen LogP) is 7.06. The Morgan fingerprint density at radius 2 is 1.79 bits per heavy atom.